The molecule has 0 aliphatic rings. The second-order valence-electron chi connectivity index (χ2n) is 4.97. The van der Waals surface area contributed by atoms with Crippen LogP contribution in [-0.4, -0.2) is 37.5 Å². The molecule has 1 aromatic rings. The molecule has 21 heavy (non-hydrogen) atoms. The van der Waals surface area contributed by atoms with Crippen molar-refractivity contribution in [3.63, 3.8) is 0 Å². The third-order valence-corrected chi connectivity index (χ3v) is 5.89. The first-order valence-electron chi connectivity index (χ1n) is 7.32. The number of unbranched alkanes of at least 4 members (excludes halogenated alkanes) is 3. The lowest BCUT2D eigenvalue weighted by atomic mass is 10.2. The number of halogens is 1. The molecule has 1 aromatic carbocycles. The zero-order chi connectivity index (χ0) is 15.7. The summed E-state index contributed by atoms with van der Waals surface area (Å²) in [5.74, 6) is 0. The predicted octanol–water partition coefficient (Wildman–Crippen LogP) is 3.14. The highest BCUT2D eigenvalue weighted by atomic mass is 79.9. The van der Waals surface area contributed by atoms with Crippen molar-refractivity contribution in [3.05, 3.63) is 29.8 Å². The van der Waals surface area contributed by atoms with E-state index in [0.29, 0.717) is 11.9 Å². The SMILES string of the molecule is CCCCCCN(CCO)S(=O)(=O)c1ccc(CBr)cc1. The highest BCUT2D eigenvalue weighted by molar-refractivity contribution is 9.08. The number of alkyl halides is 1. The molecule has 0 saturated carbocycles. The van der Waals surface area contributed by atoms with Crippen LogP contribution in [0, 0.1) is 0 Å². The fourth-order valence-electron chi connectivity index (χ4n) is 2.08. The Morgan fingerprint density at radius 3 is 2.29 bits per heavy atom. The minimum atomic E-state index is -3.52. The average molecular weight is 378 g/mol. The first-order chi connectivity index (χ1) is 10.1. The Kier molecular flexibility index (Phi) is 8.48. The van der Waals surface area contributed by atoms with E-state index in [-0.39, 0.29) is 18.0 Å². The lowest BCUT2D eigenvalue weighted by Crippen LogP contribution is -2.34. The largest absolute Gasteiger partial charge is 0.395 e. The van der Waals surface area contributed by atoms with Crippen LogP contribution in [0.5, 0.6) is 0 Å². The molecule has 0 spiro atoms. The Morgan fingerprint density at radius 2 is 1.76 bits per heavy atom. The van der Waals surface area contributed by atoms with E-state index in [2.05, 4.69) is 22.9 Å². The van der Waals surface area contributed by atoms with E-state index in [0.717, 1.165) is 31.2 Å². The summed E-state index contributed by atoms with van der Waals surface area (Å²) in [6, 6.07) is 6.86. The van der Waals surface area contributed by atoms with Gasteiger partial charge in [0.25, 0.3) is 0 Å². The van der Waals surface area contributed by atoms with Crippen molar-refractivity contribution >= 4 is 26.0 Å². The topological polar surface area (TPSA) is 57.6 Å². The first kappa shape index (κ1) is 18.6. The van der Waals surface area contributed by atoms with Crippen molar-refractivity contribution in [1.82, 2.24) is 4.31 Å². The molecule has 0 aromatic heterocycles. The maximum atomic E-state index is 12.6. The maximum absolute atomic E-state index is 12.6. The number of benzene rings is 1. The lowest BCUT2D eigenvalue weighted by Gasteiger charge is -2.21. The Hall–Kier alpha value is -0.430. The van der Waals surface area contributed by atoms with Gasteiger partial charge >= 0.3 is 0 Å². The van der Waals surface area contributed by atoms with E-state index in [9.17, 15) is 8.42 Å². The van der Waals surface area contributed by atoms with Crippen molar-refractivity contribution in [1.29, 1.82) is 0 Å². The Bertz CT molecular complexity index is 502. The van der Waals surface area contributed by atoms with Gasteiger partial charge in [-0.1, -0.05) is 54.2 Å². The molecule has 1 rings (SSSR count). The molecule has 120 valence electrons. The van der Waals surface area contributed by atoms with Crippen LogP contribution in [-0.2, 0) is 15.4 Å². The van der Waals surface area contributed by atoms with Crippen LogP contribution >= 0.6 is 15.9 Å². The number of rotatable bonds is 10. The van der Waals surface area contributed by atoms with Crippen LogP contribution in [0.25, 0.3) is 0 Å². The Balaban J connectivity index is 2.82. The second-order valence-corrected chi connectivity index (χ2v) is 7.46. The van der Waals surface area contributed by atoms with Gasteiger partial charge in [-0.3, -0.25) is 0 Å². The molecule has 0 amide bonds. The van der Waals surface area contributed by atoms with Crippen molar-refractivity contribution in [2.45, 2.75) is 42.8 Å². The zero-order valence-corrected chi connectivity index (χ0v) is 14.9. The highest BCUT2D eigenvalue weighted by Crippen LogP contribution is 2.18. The molecule has 1 N–H and O–H groups in total. The van der Waals surface area contributed by atoms with Gasteiger partial charge in [0.2, 0.25) is 10.0 Å². The third-order valence-electron chi connectivity index (χ3n) is 3.33. The zero-order valence-electron chi connectivity index (χ0n) is 12.5. The maximum Gasteiger partial charge on any atom is 0.243 e. The lowest BCUT2D eigenvalue weighted by molar-refractivity contribution is 0.251. The van der Waals surface area contributed by atoms with Crippen molar-refractivity contribution in [3.8, 4) is 0 Å². The summed E-state index contributed by atoms with van der Waals surface area (Å²) in [7, 11) is -3.52. The van der Waals surface area contributed by atoms with Gasteiger partial charge in [0.15, 0.2) is 0 Å². The second kappa shape index (κ2) is 9.56. The summed E-state index contributed by atoms with van der Waals surface area (Å²) in [6.07, 6.45) is 4.05. The van der Waals surface area contributed by atoms with Crippen molar-refractivity contribution in [2.24, 2.45) is 0 Å². The Morgan fingerprint density at radius 1 is 1.10 bits per heavy atom. The number of hydrogen-bond donors (Lipinski definition) is 1. The summed E-state index contributed by atoms with van der Waals surface area (Å²) in [5.41, 5.74) is 1.03. The summed E-state index contributed by atoms with van der Waals surface area (Å²) in [4.78, 5) is 0.288. The first-order valence-corrected chi connectivity index (χ1v) is 9.88. The summed E-state index contributed by atoms with van der Waals surface area (Å²) in [6.45, 7) is 2.57. The van der Waals surface area contributed by atoms with Crippen LogP contribution in [0.2, 0.25) is 0 Å². The van der Waals surface area contributed by atoms with Gasteiger partial charge in [0.05, 0.1) is 11.5 Å². The number of nitrogens with zero attached hydrogens (tertiary/aromatic N) is 1. The molecular formula is C15H24BrNO3S. The standard InChI is InChI=1S/C15H24BrNO3S/c1-2-3-4-5-10-17(11-12-18)21(19,20)15-8-6-14(13-16)7-9-15/h6-9,18H,2-5,10-13H2,1H3. The van der Waals surface area contributed by atoms with Gasteiger partial charge in [0, 0.05) is 18.4 Å². The van der Waals surface area contributed by atoms with Gasteiger partial charge in [-0.2, -0.15) is 4.31 Å². The summed E-state index contributed by atoms with van der Waals surface area (Å²) >= 11 is 3.34. The average Bonchev–Trinajstić information content (AvgIpc) is 2.50. The third kappa shape index (κ3) is 5.70. The molecule has 0 unspecified atom stereocenters. The van der Waals surface area contributed by atoms with E-state index >= 15 is 0 Å². The molecule has 6 heteroatoms. The van der Waals surface area contributed by atoms with Gasteiger partial charge in [-0.25, -0.2) is 8.42 Å². The number of sulfonamides is 1. The fraction of sp³-hybridized carbons (Fsp3) is 0.600. The van der Waals surface area contributed by atoms with E-state index in [1.807, 2.05) is 0 Å². The van der Waals surface area contributed by atoms with Crippen LogP contribution in [0.15, 0.2) is 29.2 Å². The van der Waals surface area contributed by atoms with Crippen LogP contribution in [0.3, 0.4) is 0 Å². The molecule has 0 radical (unpaired) electrons. The molecule has 0 atom stereocenters. The van der Waals surface area contributed by atoms with Gasteiger partial charge in [0.1, 0.15) is 0 Å². The number of hydrogen-bond acceptors (Lipinski definition) is 3. The van der Waals surface area contributed by atoms with Crippen LogP contribution < -0.4 is 0 Å². The van der Waals surface area contributed by atoms with Crippen molar-refractivity contribution in [2.75, 3.05) is 19.7 Å². The molecular weight excluding hydrogens is 354 g/mol. The minimum absolute atomic E-state index is 0.147. The smallest absolute Gasteiger partial charge is 0.243 e. The number of aliphatic hydroxyl groups excluding tert-OH is 1. The fourth-order valence-corrected chi connectivity index (χ4v) is 3.92. The van der Waals surface area contributed by atoms with Crippen molar-refractivity contribution < 1.29 is 13.5 Å². The van der Waals surface area contributed by atoms with E-state index in [1.165, 1.54) is 4.31 Å². The van der Waals surface area contributed by atoms with Crippen LogP contribution in [0.4, 0.5) is 0 Å². The van der Waals surface area contributed by atoms with E-state index < -0.39 is 10.0 Å². The monoisotopic (exact) mass is 377 g/mol. The highest BCUT2D eigenvalue weighted by Gasteiger charge is 2.23. The predicted molar refractivity (Wildman–Crippen MR) is 89.1 cm³/mol. The minimum Gasteiger partial charge on any atom is -0.395 e. The van der Waals surface area contributed by atoms with E-state index in [1.54, 1.807) is 24.3 Å². The molecule has 4 nitrogen and oxygen atoms in total. The summed E-state index contributed by atoms with van der Waals surface area (Å²) in [5, 5.41) is 9.82. The Labute approximate surface area is 136 Å². The summed E-state index contributed by atoms with van der Waals surface area (Å²) < 4.78 is 26.6. The molecule has 0 fully saturated rings. The van der Waals surface area contributed by atoms with Gasteiger partial charge in [-0.15, -0.1) is 0 Å². The van der Waals surface area contributed by atoms with E-state index in [4.69, 9.17) is 5.11 Å². The van der Waals surface area contributed by atoms with Gasteiger partial charge < -0.3 is 5.11 Å². The molecule has 0 heterocycles. The van der Waals surface area contributed by atoms with Gasteiger partial charge in [-0.05, 0) is 24.1 Å². The molecule has 0 aliphatic carbocycles. The molecule has 0 saturated heterocycles. The molecule has 0 bridgehead atoms. The van der Waals surface area contributed by atoms with Crippen LogP contribution in [0.1, 0.15) is 38.2 Å². The normalized spacial score (nSPS) is 12.0. The number of aliphatic hydroxyl groups is 1. The quantitative estimate of drug-likeness (QED) is 0.503. The molecule has 0 aliphatic heterocycles.